The van der Waals surface area contributed by atoms with Crippen LogP contribution in [0.4, 0.5) is 5.69 Å². The molecule has 0 atom stereocenters. The zero-order valence-corrected chi connectivity index (χ0v) is 13.2. The normalized spacial score (nSPS) is 10.4. The standard InChI is InChI=1S/C16H16ClNO2S/c1-11-14(17)3-2-4-15(11)18-16(20)10-21-13-7-5-12(9-19)6-8-13/h2-8,19H,9-10H2,1H3,(H,18,20). The summed E-state index contributed by atoms with van der Waals surface area (Å²) in [7, 11) is 0. The Morgan fingerprint density at radius 2 is 1.95 bits per heavy atom. The van der Waals surface area contributed by atoms with Crippen LogP contribution in [-0.4, -0.2) is 16.8 Å². The predicted octanol–water partition coefficient (Wildman–Crippen LogP) is 3.87. The van der Waals surface area contributed by atoms with Gasteiger partial charge in [0.25, 0.3) is 0 Å². The van der Waals surface area contributed by atoms with E-state index < -0.39 is 0 Å². The van der Waals surface area contributed by atoms with Gasteiger partial charge in [0.05, 0.1) is 12.4 Å². The highest BCUT2D eigenvalue weighted by molar-refractivity contribution is 8.00. The number of carbonyl (C=O) groups is 1. The Morgan fingerprint density at radius 1 is 1.24 bits per heavy atom. The van der Waals surface area contributed by atoms with E-state index in [0.29, 0.717) is 10.8 Å². The molecular weight excluding hydrogens is 306 g/mol. The zero-order chi connectivity index (χ0) is 15.2. The van der Waals surface area contributed by atoms with E-state index in [1.54, 1.807) is 6.07 Å². The van der Waals surface area contributed by atoms with Crippen molar-refractivity contribution in [3.05, 3.63) is 58.6 Å². The van der Waals surface area contributed by atoms with Gasteiger partial charge in [-0.2, -0.15) is 0 Å². The largest absolute Gasteiger partial charge is 0.392 e. The van der Waals surface area contributed by atoms with E-state index in [-0.39, 0.29) is 12.5 Å². The van der Waals surface area contributed by atoms with Gasteiger partial charge in [-0.15, -0.1) is 11.8 Å². The predicted molar refractivity (Wildman–Crippen MR) is 87.9 cm³/mol. The van der Waals surface area contributed by atoms with Crippen molar-refractivity contribution < 1.29 is 9.90 Å². The average Bonchev–Trinajstić information content (AvgIpc) is 2.50. The minimum atomic E-state index is -0.0726. The van der Waals surface area contributed by atoms with E-state index in [1.807, 2.05) is 43.3 Å². The summed E-state index contributed by atoms with van der Waals surface area (Å²) in [5.41, 5.74) is 2.46. The Hall–Kier alpha value is -1.49. The summed E-state index contributed by atoms with van der Waals surface area (Å²) in [5.74, 6) is 0.251. The Balaban J connectivity index is 1.91. The van der Waals surface area contributed by atoms with E-state index in [9.17, 15) is 4.79 Å². The summed E-state index contributed by atoms with van der Waals surface area (Å²) in [6, 6.07) is 12.9. The highest BCUT2D eigenvalue weighted by Crippen LogP contribution is 2.24. The molecule has 0 bridgehead atoms. The molecule has 110 valence electrons. The first-order valence-corrected chi connectivity index (χ1v) is 7.84. The smallest absolute Gasteiger partial charge is 0.234 e. The highest BCUT2D eigenvalue weighted by atomic mass is 35.5. The van der Waals surface area contributed by atoms with Crippen LogP contribution in [0.15, 0.2) is 47.4 Å². The number of halogens is 1. The monoisotopic (exact) mass is 321 g/mol. The molecule has 0 fully saturated rings. The minimum Gasteiger partial charge on any atom is -0.392 e. The second-order valence-electron chi connectivity index (χ2n) is 4.55. The molecule has 0 aliphatic carbocycles. The zero-order valence-electron chi connectivity index (χ0n) is 11.6. The van der Waals surface area contributed by atoms with Gasteiger partial charge < -0.3 is 10.4 Å². The molecule has 0 heterocycles. The molecule has 0 unspecified atom stereocenters. The number of aliphatic hydroxyl groups excluding tert-OH is 1. The van der Waals surface area contributed by atoms with E-state index in [2.05, 4.69) is 5.32 Å². The molecule has 0 aromatic heterocycles. The van der Waals surface area contributed by atoms with Crippen LogP contribution in [-0.2, 0) is 11.4 Å². The maximum atomic E-state index is 12.0. The summed E-state index contributed by atoms with van der Waals surface area (Å²) in [4.78, 5) is 12.9. The quantitative estimate of drug-likeness (QED) is 0.822. The molecule has 2 N–H and O–H groups in total. The first-order valence-electron chi connectivity index (χ1n) is 6.47. The third-order valence-electron chi connectivity index (χ3n) is 3.02. The van der Waals surface area contributed by atoms with Gasteiger partial charge in [0.2, 0.25) is 5.91 Å². The lowest BCUT2D eigenvalue weighted by molar-refractivity contribution is -0.113. The number of rotatable bonds is 5. The fourth-order valence-electron chi connectivity index (χ4n) is 1.77. The van der Waals surface area contributed by atoms with Gasteiger partial charge in [-0.05, 0) is 42.3 Å². The number of hydrogen-bond donors (Lipinski definition) is 2. The SMILES string of the molecule is Cc1c(Cl)cccc1NC(=O)CSc1ccc(CO)cc1. The molecule has 3 nitrogen and oxygen atoms in total. The summed E-state index contributed by atoms with van der Waals surface area (Å²) < 4.78 is 0. The van der Waals surface area contributed by atoms with Crippen molar-refractivity contribution in [3.8, 4) is 0 Å². The second-order valence-corrected chi connectivity index (χ2v) is 6.01. The molecular formula is C16H16ClNO2S. The Labute approximate surface area is 133 Å². The number of hydrogen-bond acceptors (Lipinski definition) is 3. The molecule has 0 radical (unpaired) electrons. The third kappa shape index (κ3) is 4.49. The van der Waals surface area contributed by atoms with Crippen LogP contribution < -0.4 is 5.32 Å². The Bertz CT molecular complexity index is 629. The van der Waals surface area contributed by atoms with Crippen LogP contribution in [0.1, 0.15) is 11.1 Å². The van der Waals surface area contributed by atoms with Crippen LogP contribution in [0.3, 0.4) is 0 Å². The number of thioether (sulfide) groups is 1. The number of benzene rings is 2. The number of anilines is 1. The van der Waals surface area contributed by atoms with Gasteiger partial charge in [0.15, 0.2) is 0 Å². The van der Waals surface area contributed by atoms with Crippen LogP contribution in [0, 0.1) is 6.92 Å². The van der Waals surface area contributed by atoms with E-state index in [0.717, 1.165) is 21.7 Å². The van der Waals surface area contributed by atoms with Crippen molar-refractivity contribution in [2.75, 3.05) is 11.1 Å². The van der Waals surface area contributed by atoms with Crippen molar-refractivity contribution >= 4 is 35.0 Å². The first kappa shape index (κ1) is 15.9. The lowest BCUT2D eigenvalue weighted by atomic mass is 10.2. The topological polar surface area (TPSA) is 49.3 Å². The fourth-order valence-corrected chi connectivity index (χ4v) is 2.64. The molecule has 0 saturated carbocycles. The molecule has 0 spiro atoms. The summed E-state index contributed by atoms with van der Waals surface area (Å²) in [6.45, 7) is 1.90. The van der Waals surface area contributed by atoms with Crippen molar-refractivity contribution in [3.63, 3.8) is 0 Å². The van der Waals surface area contributed by atoms with Crippen molar-refractivity contribution in [2.24, 2.45) is 0 Å². The average molecular weight is 322 g/mol. The third-order valence-corrected chi connectivity index (χ3v) is 4.44. The highest BCUT2D eigenvalue weighted by Gasteiger charge is 2.07. The molecule has 2 aromatic carbocycles. The van der Waals surface area contributed by atoms with E-state index in [4.69, 9.17) is 16.7 Å². The molecule has 0 aliphatic rings. The Kier molecular flexibility index (Phi) is 5.67. The second kappa shape index (κ2) is 7.50. The maximum Gasteiger partial charge on any atom is 0.234 e. The van der Waals surface area contributed by atoms with Crippen molar-refractivity contribution in [1.82, 2.24) is 0 Å². The first-order chi connectivity index (χ1) is 10.1. The fraction of sp³-hybridized carbons (Fsp3) is 0.188. The lowest BCUT2D eigenvalue weighted by Crippen LogP contribution is -2.14. The van der Waals surface area contributed by atoms with Gasteiger partial charge in [-0.3, -0.25) is 4.79 Å². The lowest BCUT2D eigenvalue weighted by Gasteiger charge is -2.09. The molecule has 1 amide bonds. The summed E-state index contributed by atoms with van der Waals surface area (Å²) >= 11 is 7.47. The van der Waals surface area contributed by atoms with Gasteiger partial charge in [-0.1, -0.05) is 29.8 Å². The minimum absolute atomic E-state index is 0.0273. The van der Waals surface area contributed by atoms with Gasteiger partial charge in [-0.25, -0.2) is 0 Å². The molecule has 0 saturated heterocycles. The van der Waals surface area contributed by atoms with Crippen molar-refractivity contribution in [1.29, 1.82) is 0 Å². The van der Waals surface area contributed by atoms with Crippen molar-refractivity contribution in [2.45, 2.75) is 18.4 Å². The van der Waals surface area contributed by atoms with Gasteiger partial charge >= 0.3 is 0 Å². The molecule has 21 heavy (non-hydrogen) atoms. The van der Waals surface area contributed by atoms with E-state index in [1.165, 1.54) is 11.8 Å². The molecule has 0 aliphatic heterocycles. The number of carbonyl (C=O) groups excluding carboxylic acids is 1. The van der Waals surface area contributed by atoms with E-state index >= 15 is 0 Å². The van der Waals surface area contributed by atoms with Gasteiger partial charge in [0, 0.05) is 15.6 Å². The van der Waals surface area contributed by atoms with Gasteiger partial charge in [0.1, 0.15) is 0 Å². The molecule has 2 rings (SSSR count). The van der Waals surface area contributed by atoms with Crippen LogP contribution in [0.5, 0.6) is 0 Å². The molecule has 2 aromatic rings. The number of amides is 1. The van der Waals surface area contributed by atoms with Crippen LogP contribution in [0.2, 0.25) is 5.02 Å². The Morgan fingerprint density at radius 3 is 2.62 bits per heavy atom. The summed E-state index contributed by atoms with van der Waals surface area (Å²) in [5, 5.41) is 12.5. The molecule has 5 heteroatoms. The van der Waals surface area contributed by atoms with Crippen LogP contribution in [0.25, 0.3) is 0 Å². The number of aliphatic hydroxyl groups is 1. The number of nitrogens with one attached hydrogen (secondary N) is 1. The summed E-state index contributed by atoms with van der Waals surface area (Å²) in [6.07, 6.45) is 0. The van der Waals surface area contributed by atoms with Crippen LogP contribution >= 0.6 is 23.4 Å². The maximum absolute atomic E-state index is 12.0.